The number of fused-ring (bicyclic) bond motifs is 1. The summed E-state index contributed by atoms with van der Waals surface area (Å²) < 4.78 is 10.6. The minimum atomic E-state index is -0.494. The van der Waals surface area contributed by atoms with Crippen LogP contribution in [0.25, 0.3) is 0 Å². The number of ether oxygens (including phenoxy) is 2. The van der Waals surface area contributed by atoms with E-state index in [2.05, 4.69) is 10.3 Å². The molecule has 0 saturated carbocycles. The van der Waals surface area contributed by atoms with E-state index in [1.54, 1.807) is 24.4 Å². The number of ketones is 1. The van der Waals surface area contributed by atoms with E-state index in [0.29, 0.717) is 35.8 Å². The SMILES string of the molecule is CC(C)C[C@@H](NC(=O)c1ccc2c(c1)OCO2)C(=O)CCCc1cccnc1. The fourth-order valence-corrected chi connectivity index (χ4v) is 3.21. The van der Waals surface area contributed by atoms with Gasteiger partial charge >= 0.3 is 0 Å². The molecule has 1 atom stereocenters. The molecule has 28 heavy (non-hydrogen) atoms. The molecule has 1 aromatic heterocycles. The lowest BCUT2D eigenvalue weighted by atomic mass is 9.96. The lowest BCUT2D eigenvalue weighted by Gasteiger charge is -2.20. The fraction of sp³-hybridized carbons (Fsp3) is 0.409. The Labute approximate surface area is 165 Å². The van der Waals surface area contributed by atoms with Crippen molar-refractivity contribution in [3.63, 3.8) is 0 Å². The van der Waals surface area contributed by atoms with E-state index in [4.69, 9.17) is 9.47 Å². The van der Waals surface area contributed by atoms with Crippen LogP contribution in [-0.2, 0) is 11.2 Å². The van der Waals surface area contributed by atoms with Crippen molar-refractivity contribution in [2.75, 3.05) is 6.79 Å². The Kier molecular flexibility index (Phi) is 6.63. The Morgan fingerprint density at radius 3 is 2.75 bits per heavy atom. The van der Waals surface area contributed by atoms with Crippen molar-refractivity contribution < 1.29 is 19.1 Å². The van der Waals surface area contributed by atoms with E-state index in [1.807, 2.05) is 32.2 Å². The van der Waals surface area contributed by atoms with Gasteiger partial charge in [-0.2, -0.15) is 0 Å². The zero-order chi connectivity index (χ0) is 19.9. The lowest BCUT2D eigenvalue weighted by Crippen LogP contribution is -2.41. The van der Waals surface area contributed by atoms with Crippen molar-refractivity contribution in [3.05, 3.63) is 53.9 Å². The molecule has 1 N–H and O–H groups in total. The first kappa shape index (κ1) is 19.9. The van der Waals surface area contributed by atoms with E-state index in [-0.39, 0.29) is 18.5 Å². The number of benzene rings is 1. The first-order valence-electron chi connectivity index (χ1n) is 9.65. The van der Waals surface area contributed by atoms with Crippen molar-refractivity contribution in [1.82, 2.24) is 10.3 Å². The smallest absolute Gasteiger partial charge is 0.252 e. The van der Waals surface area contributed by atoms with Gasteiger partial charge in [0, 0.05) is 24.4 Å². The molecule has 0 spiro atoms. The Hall–Kier alpha value is -2.89. The molecule has 0 radical (unpaired) electrons. The number of carbonyl (C=O) groups is 2. The molecule has 0 aliphatic carbocycles. The van der Waals surface area contributed by atoms with Gasteiger partial charge in [-0.15, -0.1) is 0 Å². The predicted octanol–water partition coefficient (Wildman–Crippen LogP) is 3.55. The number of amides is 1. The molecule has 1 aliphatic heterocycles. The molecule has 0 saturated heterocycles. The average Bonchev–Trinajstić information content (AvgIpc) is 3.15. The Balaban J connectivity index is 1.59. The molecule has 0 fully saturated rings. The zero-order valence-electron chi connectivity index (χ0n) is 16.3. The number of aryl methyl sites for hydroxylation is 1. The number of pyridine rings is 1. The van der Waals surface area contributed by atoms with Crippen molar-refractivity contribution in [3.8, 4) is 11.5 Å². The number of hydrogen-bond acceptors (Lipinski definition) is 5. The van der Waals surface area contributed by atoms with E-state index >= 15 is 0 Å². The molecular formula is C22H26N2O4. The third-order valence-electron chi connectivity index (χ3n) is 4.65. The van der Waals surface area contributed by atoms with Crippen LogP contribution in [-0.4, -0.2) is 29.5 Å². The van der Waals surface area contributed by atoms with Crippen LogP contribution in [0.2, 0.25) is 0 Å². The van der Waals surface area contributed by atoms with Crippen molar-refractivity contribution >= 4 is 11.7 Å². The third-order valence-corrected chi connectivity index (χ3v) is 4.65. The monoisotopic (exact) mass is 382 g/mol. The number of nitrogens with one attached hydrogen (secondary N) is 1. The Morgan fingerprint density at radius 2 is 2.00 bits per heavy atom. The van der Waals surface area contributed by atoms with Crippen molar-refractivity contribution in [1.29, 1.82) is 0 Å². The molecule has 6 heteroatoms. The van der Waals surface area contributed by atoms with E-state index in [0.717, 1.165) is 18.4 Å². The number of hydrogen-bond donors (Lipinski definition) is 1. The van der Waals surface area contributed by atoms with Gasteiger partial charge in [0.05, 0.1) is 6.04 Å². The highest BCUT2D eigenvalue weighted by molar-refractivity contribution is 5.98. The summed E-state index contributed by atoms with van der Waals surface area (Å²) in [5.74, 6) is 1.26. The van der Waals surface area contributed by atoms with Gasteiger partial charge in [0.2, 0.25) is 6.79 Å². The summed E-state index contributed by atoms with van der Waals surface area (Å²) in [6.45, 7) is 4.25. The van der Waals surface area contributed by atoms with Crippen LogP contribution >= 0.6 is 0 Å². The topological polar surface area (TPSA) is 77.5 Å². The summed E-state index contributed by atoms with van der Waals surface area (Å²) in [5, 5.41) is 2.91. The molecule has 1 aliphatic rings. The molecule has 0 bridgehead atoms. The number of rotatable bonds is 9. The second kappa shape index (κ2) is 9.35. The molecule has 6 nitrogen and oxygen atoms in total. The summed E-state index contributed by atoms with van der Waals surface area (Å²) in [4.78, 5) is 29.5. The van der Waals surface area contributed by atoms with Crippen LogP contribution in [0.1, 0.15) is 49.0 Å². The van der Waals surface area contributed by atoms with Gasteiger partial charge in [0.1, 0.15) is 0 Å². The van der Waals surface area contributed by atoms with Gasteiger partial charge in [-0.1, -0.05) is 19.9 Å². The maximum atomic E-state index is 12.7. The van der Waals surface area contributed by atoms with E-state index < -0.39 is 6.04 Å². The molecule has 2 heterocycles. The number of carbonyl (C=O) groups excluding carboxylic acids is 2. The van der Waals surface area contributed by atoms with Crippen LogP contribution in [0, 0.1) is 5.92 Å². The summed E-state index contributed by atoms with van der Waals surface area (Å²) in [6, 6.07) is 8.45. The van der Waals surface area contributed by atoms with Gasteiger partial charge in [-0.3, -0.25) is 14.6 Å². The predicted molar refractivity (Wildman–Crippen MR) is 105 cm³/mol. The number of Topliss-reactive ketones (excluding diaryl/α,β-unsaturated/α-hetero) is 1. The zero-order valence-corrected chi connectivity index (χ0v) is 16.3. The van der Waals surface area contributed by atoms with Gasteiger partial charge in [-0.25, -0.2) is 0 Å². The molecule has 1 amide bonds. The van der Waals surface area contributed by atoms with Crippen molar-refractivity contribution in [2.45, 2.75) is 45.6 Å². The standard InChI is InChI=1S/C22H26N2O4/c1-15(2)11-18(19(25)7-3-5-16-6-4-10-23-13-16)24-22(26)17-8-9-20-21(12-17)28-14-27-20/h4,6,8-10,12-13,15,18H,3,5,7,11,14H2,1-2H3,(H,24,26)/t18-/m1/s1. The average molecular weight is 382 g/mol. The van der Waals surface area contributed by atoms with E-state index in [1.165, 1.54) is 0 Å². The van der Waals surface area contributed by atoms with Gasteiger partial charge in [0.25, 0.3) is 5.91 Å². The first-order valence-corrected chi connectivity index (χ1v) is 9.65. The summed E-state index contributed by atoms with van der Waals surface area (Å²) in [5.41, 5.74) is 1.57. The molecule has 3 rings (SSSR count). The molecule has 148 valence electrons. The fourth-order valence-electron chi connectivity index (χ4n) is 3.21. The summed E-state index contributed by atoms with van der Waals surface area (Å²) in [6.07, 6.45) is 6.12. The Bertz CT molecular complexity index is 821. The highest BCUT2D eigenvalue weighted by Crippen LogP contribution is 2.32. The molecular weight excluding hydrogens is 356 g/mol. The van der Waals surface area contributed by atoms with Gasteiger partial charge in [-0.05, 0) is 55.0 Å². The lowest BCUT2D eigenvalue weighted by molar-refractivity contribution is -0.121. The maximum absolute atomic E-state index is 12.7. The second-order valence-electron chi connectivity index (χ2n) is 7.40. The minimum Gasteiger partial charge on any atom is -0.454 e. The maximum Gasteiger partial charge on any atom is 0.252 e. The van der Waals surface area contributed by atoms with Crippen LogP contribution in [0.15, 0.2) is 42.7 Å². The largest absolute Gasteiger partial charge is 0.454 e. The van der Waals surface area contributed by atoms with Crippen LogP contribution in [0.3, 0.4) is 0 Å². The van der Waals surface area contributed by atoms with Crippen molar-refractivity contribution in [2.24, 2.45) is 5.92 Å². The quantitative estimate of drug-likeness (QED) is 0.718. The van der Waals surface area contributed by atoms with Gasteiger partial charge < -0.3 is 14.8 Å². The summed E-state index contributed by atoms with van der Waals surface area (Å²) in [7, 11) is 0. The van der Waals surface area contributed by atoms with Crippen LogP contribution < -0.4 is 14.8 Å². The molecule has 1 aromatic carbocycles. The number of nitrogens with zero attached hydrogens (tertiary/aromatic N) is 1. The molecule has 2 aromatic rings. The van der Waals surface area contributed by atoms with Crippen LogP contribution in [0.5, 0.6) is 11.5 Å². The first-order chi connectivity index (χ1) is 13.5. The summed E-state index contributed by atoms with van der Waals surface area (Å²) >= 11 is 0. The minimum absolute atomic E-state index is 0.0617. The molecule has 0 unspecified atom stereocenters. The van der Waals surface area contributed by atoms with Crippen LogP contribution in [0.4, 0.5) is 0 Å². The highest BCUT2D eigenvalue weighted by Gasteiger charge is 2.23. The van der Waals surface area contributed by atoms with Gasteiger partial charge in [0.15, 0.2) is 17.3 Å². The highest BCUT2D eigenvalue weighted by atomic mass is 16.7. The number of aromatic nitrogens is 1. The van der Waals surface area contributed by atoms with E-state index in [9.17, 15) is 9.59 Å². The second-order valence-corrected chi connectivity index (χ2v) is 7.40. The normalized spacial score (nSPS) is 13.4. The Morgan fingerprint density at radius 1 is 1.18 bits per heavy atom. The third kappa shape index (κ3) is 5.31.